The van der Waals surface area contributed by atoms with Gasteiger partial charge < -0.3 is 9.88 Å². The number of anilines is 1. The van der Waals surface area contributed by atoms with Gasteiger partial charge in [-0.15, -0.1) is 0 Å². The van der Waals surface area contributed by atoms with Gasteiger partial charge in [0.15, 0.2) is 0 Å². The second-order valence-corrected chi connectivity index (χ2v) is 6.71. The number of hydrogen-bond acceptors (Lipinski definition) is 1. The number of amides is 1. The number of hydrogen-bond donors (Lipinski definition) is 1. The van der Waals surface area contributed by atoms with Crippen LogP contribution >= 0.6 is 34.8 Å². The Hall–Kier alpha value is -1.68. The van der Waals surface area contributed by atoms with E-state index in [1.807, 2.05) is 36.6 Å². The molecule has 0 aliphatic rings. The third-order valence-electron chi connectivity index (χ3n) is 3.99. The second-order valence-electron chi connectivity index (χ2n) is 5.46. The van der Waals surface area contributed by atoms with Crippen molar-refractivity contribution in [2.75, 3.05) is 5.32 Å². The summed E-state index contributed by atoms with van der Waals surface area (Å²) >= 11 is 18.0. The van der Waals surface area contributed by atoms with Crippen LogP contribution in [0.5, 0.6) is 0 Å². The van der Waals surface area contributed by atoms with Gasteiger partial charge in [0.2, 0.25) is 0 Å². The van der Waals surface area contributed by atoms with Gasteiger partial charge in [-0.1, -0.05) is 34.8 Å². The van der Waals surface area contributed by atoms with Crippen LogP contribution in [0, 0.1) is 6.92 Å². The summed E-state index contributed by atoms with van der Waals surface area (Å²) in [7, 11) is 0. The summed E-state index contributed by atoms with van der Waals surface area (Å²) in [6.45, 7) is 4.61. The first-order chi connectivity index (χ1) is 11.4. The van der Waals surface area contributed by atoms with E-state index in [1.54, 1.807) is 18.2 Å². The van der Waals surface area contributed by atoms with E-state index < -0.39 is 0 Å². The van der Waals surface area contributed by atoms with Crippen LogP contribution in [0.4, 0.5) is 5.69 Å². The minimum Gasteiger partial charge on any atom is -0.337 e. The van der Waals surface area contributed by atoms with Crippen molar-refractivity contribution in [3.05, 3.63) is 62.7 Å². The van der Waals surface area contributed by atoms with Gasteiger partial charge in [-0.3, -0.25) is 4.79 Å². The van der Waals surface area contributed by atoms with Gasteiger partial charge in [0, 0.05) is 28.2 Å². The first-order valence-corrected chi connectivity index (χ1v) is 8.60. The molecule has 0 unspecified atom stereocenters. The van der Waals surface area contributed by atoms with Gasteiger partial charge in [-0.25, -0.2) is 0 Å². The van der Waals surface area contributed by atoms with Crippen LogP contribution < -0.4 is 5.32 Å². The molecule has 0 saturated heterocycles. The molecule has 3 aromatic rings. The van der Waals surface area contributed by atoms with Gasteiger partial charge in [-0.2, -0.15) is 0 Å². The summed E-state index contributed by atoms with van der Waals surface area (Å²) in [5.74, 6) is -0.194. The van der Waals surface area contributed by atoms with E-state index >= 15 is 0 Å². The third kappa shape index (κ3) is 3.00. The highest BCUT2D eigenvalue weighted by molar-refractivity contribution is 6.42. The predicted octanol–water partition coefficient (Wildman–Crippen LogP) is 6.18. The summed E-state index contributed by atoms with van der Waals surface area (Å²) in [4.78, 5) is 12.8. The van der Waals surface area contributed by atoms with Crippen molar-refractivity contribution in [3.63, 3.8) is 0 Å². The Kier molecular flexibility index (Phi) is 4.77. The largest absolute Gasteiger partial charge is 0.337 e. The molecule has 3 nitrogen and oxygen atoms in total. The highest BCUT2D eigenvalue weighted by Gasteiger charge is 2.20. The van der Waals surface area contributed by atoms with Crippen molar-refractivity contribution in [1.29, 1.82) is 0 Å². The number of benzene rings is 2. The maximum absolute atomic E-state index is 12.8. The monoisotopic (exact) mass is 380 g/mol. The molecule has 0 aliphatic heterocycles. The maximum atomic E-state index is 12.8. The number of aryl methyl sites for hydroxylation is 2. The van der Waals surface area contributed by atoms with Crippen molar-refractivity contribution in [3.8, 4) is 0 Å². The molecule has 0 fully saturated rings. The zero-order chi connectivity index (χ0) is 17.4. The zero-order valence-corrected chi connectivity index (χ0v) is 15.4. The molecule has 2 aromatic carbocycles. The van der Waals surface area contributed by atoms with Gasteiger partial charge in [-0.05, 0) is 55.8 Å². The van der Waals surface area contributed by atoms with Crippen LogP contribution in [0.25, 0.3) is 10.9 Å². The van der Waals surface area contributed by atoms with E-state index in [2.05, 4.69) is 5.32 Å². The van der Waals surface area contributed by atoms with Crippen molar-refractivity contribution in [1.82, 2.24) is 4.57 Å². The van der Waals surface area contributed by atoms with E-state index in [1.165, 1.54) is 0 Å². The lowest BCUT2D eigenvalue weighted by molar-refractivity contribution is 0.101. The maximum Gasteiger partial charge on any atom is 0.272 e. The normalized spacial score (nSPS) is 11.0. The lowest BCUT2D eigenvalue weighted by Gasteiger charge is -2.10. The SMILES string of the molecule is CCn1c(C(=O)Nc2ccc(Cl)c(Cl)c2)c(C)c2cc(Cl)ccc21. The summed E-state index contributed by atoms with van der Waals surface area (Å²) < 4.78 is 1.98. The fraction of sp³-hybridized carbons (Fsp3) is 0.167. The van der Waals surface area contributed by atoms with Crippen LogP contribution in [0.2, 0.25) is 15.1 Å². The van der Waals surface area contributed by atoms with Crippen molar-refractivity contribution >= 4 is 57.3 Å². The summed E-state index contributed by atoms with van der Waals surface area (Å²) in [6, 6.07) is 10.7. The highest BCUT2D eigenvalue weighted by atomic mass is 35.5. The number of carbonyl (C=O) groups excluding carboxylic acids is 1. The minimum absolute atomic E-state index is 0.194. The lowest BCUT2D eigenvalue weighted by atomic mass is 10.1. The highest BCUT2D eigenvalue weighted by Crippen LogP contribution is 2.30. The van der Waals surface area contributed by atoms with Crippen LogP contribution in [-0.2, 0) is 6.54 Å². The molecule has 1 amide bonds. The van der Waals surface area contributed by atoms with Crippen molar-refractivity contribution < 1.29 is 4.79 Å². The third-order valence-corrected chi connectivity index (χ3v) is 4.96. The van der Waals surface area contributed by atoms with E-state index in [9.17, 15) is 4.79 Å². The van der Waals surface area contributed by atoms with Crippen LogP contribution in [0.15, 0.2) is 36.4 Å². The molecule has 6 heteroatoms. The Labute approximate surface area is 155 Å². The van der Waals surface area contributed by atoms with E-state index in [-0.39, 0.29) is 5.91 Å². The average Bonchev–Trinajstić information content (AvgIpc) is 2.83. The number of aromatic nitrogens is 1. The topological polar surface area (TPSA) is 34.0 Å². The number of fused-ring (bicyclic) bond motifs is 1. The zero-order valence-electron chi connectivity index (χ0n) is 13.2. The minimum atomic E-state index is -0.194. The predicted molar refractivity (Wildman–Crippen MR) is 102 cm³/mol. The lowest BCUT2D eigenvalue weighted by Crippen LogP contribution is -2.17. The average molecular weight is 382 g/mol. The fourth-order valence-electron chi connectivity index (χ4n) is 2.88. The van der Waals surface area contributed by atoms with E-state index in [4.69, 9.17) is 34.8 Å². The standard InChI is InChI=1S/C18H15Cl3N2O/c1-3-23-16-7-4-11(19)8-13(16)10(2)17(23)18(24)22-12-5-6-14(20)15(21)9-12/h4-9H,3H2,1-2H3,(H,22,24). The molecule has 0 spiro atoms. The van der Waals surface area contributed by atoms with Gasteiger partial charge in [0.25, 0.3) is 5.91 Å². The molecule has 3 rings (SSSR count). The molecule has 0 atom stereocenters. The first-order valence-electron chi connectivity index (χ1n) is 7.47. The fourth-order valence-corrected chi connectivity index (χ4v) is 3.35. The molecule has 1 aromatic heterocycles. The Morgan fingerprint density at radius 2 is 1.83 bits per heavy atom. The Morgan fingerprint density at radius 3 is 2.50 bits per heavy atom. The number of halogens is 3. The molecule has 24 heavy (non-hydrogen) atoms. The molecular formula is C18H15Cl3N2O. The summed E-state index contributed by atoms with van der Waals surface area (Å²) in [6.07, 6.45) is 0. The van der Waals surface area contributed by atoms with Crippen LogP contribution in [0.3, 0.4) is 0 Å². The van der Waals surface area contributed by atoms with E-state index in [0.717, 1.165) is 16.5 Å². The molecular weight excluding hydrogens is 367 g/mol. The van der Waals surface area contributed by atoms with Crippen molar-refractivity contribution in [2.45, 2.75) is 20.4 Å². The molecule has 0 aliphatic carbocycles. The van der Waals surface area contributed by atoms with Gasteiger partial charge in [0.05, 0.1) is 10.0 Å². The van der Waals surface area contributed by atoms with Gasteiger partial charge in [0.1, 0.15) is 5.69 Å². The molecule has 1 N–H and O–H groups in total. The summed E-state index contributed by atoms with van der Waals surface area (Å²) in [5.41, 5.74) is 3.09. The molecule has 0 saturated carbocycles. The van der Waals surface area contributed by atoms with Crippen LogP contribution in [0.1, 0.15) is 23.0 Å². The Morgan fingerprint density at radius 1 is 1.08 bits per heavy atom. The Bertz CT molecular complexity index is 947. The molecule has 0 radical (unpaired) electrons. The first kappa shape index (κ1) is 17.2. The number of rotatable bonds is 3. The smallest absolute Gasteiger partial charge is 0.272 e. The molecule has 1 heterocycles. The molecule has 0 bridgehead atoms. The second kappa shape index (κ2) is 6.67. The quantitative estimate of drug-likeness (QED) is 0.577. The van der Waals surface area contributed by atoms with Crippen molar-refractivity contribution in [2.24, 2.45) is 0 Å². The van der Waals surface area contributed by atoms with Crippen LogP contribution in [-0.4, -0.2) is 10.5 Å². The number of nitrogens with one attached hydrogen (secondary N) is 1. The molecule has 124 valence electrons. The van der Waals surface area contributed by atoms with E-state index in [0.29, 0.717) is 33.0 Å². The van der Waals surface area contributed by atoms with Gasteiger partial charge >= 0.3 is 0 Å². The summed E-state index contributed by atoms with van der Waals surface area (Å²) in [5, 5.41) is 5.35. The number of nitrogens with zero attached hydrogens (tertiary/aromatic N) is 1. The number of carbonyl (C=O) groups is 1. The Balaban J connectivity index is 2.06.